The molecule has 120 valence electrons. The molecule has 0 saturated carbocycles. The lowest BCUT2D eigenvalue weighted by molar-refractivity contribution is -0.173. The van der Waals surface area contributed by atoms with Gasteiger partial charge in [-0.25, -0.2) is 0 Å². The summed E-state index contributed by atoms with van der Waals surface area (Å²) in [5.74, 6) is -0.106. The fourth-order valence-corrected chi connectivity index (χ4v) is 3.05. The zero-order valence-corrected chi connectivity index (χ0v) is 14.7. The highest BCUT2D eigenvalue weighted by Gasteiger charge is 2.44. The monoisotopic (exact) mass is 307 g/mol. The van der Waals surface area contributed by atoms with E-state index in [0.29, 0.717) is 6.47 Å². The van der Waals surface area contributed by atoms with Gasteiger partial charge in [0.1, 0.15) is 6.04 Å². The Balaban J connectivity index is 0. The van der Waals surface area contributed by atoms with Gasteiger partial charge in [0, 0.05) is 4.75 Å². The van der Waals surface area contributed by atoms with Gasteiger partial charge in [-0.15, -0.1) is 0 Å². The highest BCUT2D eigenvalue weighted by atomic mass is 32.2. The number of ether oxygens (including phenoxy) is 1. The Bertz CT molecular complexity index is 306. The minimum absolute atomic E-state index is 0.343. The molecule has 0 amide bonds. The van der Waals surface area contributed by atoms with E-state index in [0.717, 1.165) is 5.75 Å². The number of rotatable bonds is 8. The van der Waals surface area contributed by atoms with Gasteiger partial charge in [0.15, 0.2) is 5.72 Å². The number of aliphatic carboxylic acids is 1. The Morgan fingerprint density at radius 3 is 2.10 bits per heavy atom. The number of thioether (sulfide) groups is 1. The van der Waals surface area contributed by atoms with Gasteiger partial charge in [-0.1, -0.05) is 20.8 Å². The van der Waals surface area contributed by atoms with Crippen molar-refractivity contribution in [2.45, 2.75) is 65.0 Å². The number of carbonyl (C=O) groups excluding carboxylic acids is 1. The smallest absolute Gasteiger partial charge is 0.322 e. The van der Waals surface area contributed by atoms with Crippen LogP contribution in [0.15, 0.2) is 0 Å². The van der Waals surface area contributed by atoms with Crippen molar-refractivity contribution in [2.75, 3.05) is 12.8 Å². The molecule has 0 aromatic heterocycles. The average molecular weight is 307 g/mol. The van der Waals surface area contributed by atoms with E-state index < -0.39 is 22.5 Å². The summed E-state index contributed by atoms with van der Waals surface area (Å²) in [5, 5.41) is 9.44. The summed E-state index contributed by atoms with van der Waals surface area (Å²) < 4.78 is 4.48. The first-order chi connectivity index (χ1) is 9.10. The maximum atomic E-state index is 11.5. The third-order valence-electron chi connectivity index (χ3n) is 2.98. The Morgan fingerprint density at radius 2 is 1.80 bits per heavy atom. The maximum absolute atomic E-state index is 11.5. The third-order valence-corrected chi connectivity index (χ3v) is 4.24. The lowest BCUT2D eigenvalue weighted by atomic mass is 10.00. The SMILES string of the molecule is CC.CCSC(C)(C)C(C(=O)O)N(C)C(C)(C)OC=O. The van der Waals surface area contributed by atoms with Crippen molar-refractivity contribution in [1.82, 2.24) is 4.90 Å². The fourth-order valence-electron chi connectivity index (χ4n) is 1.89. The number of carbonyl (C=O) groups is 2. The summed E-state index contributed by atoms with van der Waals surface area (Å²) in [5.41, 5.74) is -0.962. The highest BCUT2D eigenvalue weighted by molar-refractivity contribution is 8.00. The van der Waals surface area contributed by atoms with Crippen LogP contribution in [0.5, 0.6) is 0 Å². The van der Waals surface area contributed by atoms with Crippen molar-refractivity contribution in [3.8, 4) is 0 Å². The molecule has 0 aliphatic rings. The Hall–Kier alpha value is -0.750. The van der Waals surface area contributed by atoms with Crippen LogP contribution < -0.4 is 0 Å². The number of carboxylic acids is 1. The van der Waals surface area contributed by atoms with Crippen molar-refractivity contribution >= 4 is 24.2 Å². The summed E-state index contributed by atoms with van der Waals surface area (Å²) in [6.45, 7) is 13.4. The molecular formula is C14H29NO4S. The van der Waals surface area contributed by atoms with Crippen LogP contribution in [0.4, 0.5) is 0 Å². The van der Waals surface area contributed by atoms with Crippen LogP contribution in [0.3, 0.4) is 0 Å². The van der Waals surface area contributed by atoms with Crippen LogP contribution in [0.2, 0.25) is 0 Å². The number of nitrogens with zero attached hydrogens (tertiary/aromatic N) is 1. The van der Waals surface area contributed by atoms with Crippen LogP contribution in [0.25, 0.3) is 0 Å². The fraction of sp³-hybridized carbons (Fsp3) is 0.857. The van der Waals surface area contributed by atoms with Crippen LogP contribution in [0, 0.1) is 0 Å². The van der Waals surface area contributed by atoms with Gasteiger partial charge in [-0.3, -0.25) is 14.5 Å². The van der Waals surface area contributed by atoms with E-state index >= 15 is 0 Å². The molecule has 0 rings (SSSR count). The van der Waals surface area contributed by atoms with Gasteiger partial charge in [-0.2, -0.15) is 11.8 Å². The van der Waals surface area contributed by atoms with E-state index in [4.69, 9.17) is 4.74 Å². The van der Waals surface area contributed by atoms with Crippen molar-refractivity contribution in [3.05, 3.63) is 0 Å². The topological polar surface area (TPSA) is 66.8 Å². The van der Waals surface area contributed by atoms with Crippen molar-refractivity contribution < 1.29 is 19.4 Å². The van der Waals surface area contributed by atoms with Crippen molar-refractivity contribution in [3.63, 3.8) is 0 Å². The molecule has 0 aliphatic heterocycles. The summed E-state index contributed by atoms with van der Waals surface area (Å²) >= 11 is 1.57. The van der Waals surface area contributed by atoms with Gasteiger partial charge in [0.05, 0.1) is 0 Å². The summed E-state index contributed by atoms with van der Waals surface area (Å²) in [7, 11) is 1.65. The van der Waals surface area contributed by atoms with E-state index in [1.165, 1.54) is 0 Å². The zero-order chi connectivity index (χ0) is 16.6. The molecule has 1 N–H and O–H groups in total. The van der Waals surface area contributed by atoms with E-state index in [1.807, 2.05) is 34.6 Å². The molecule has 0 aliphatic carbocycles. The largest absolute Gasteiger partial charge is 0.480 e. The summed E-state index contributed by atoms with van der Waals surface area (Å²) in [4.78, 5) is 23.6. The first kappa shape index (κ1) is 21.5. The number of likely N-dealkylation sites (N-methyl/N-ethyl adjacent to an activating group) is 1. The average Bonchev–Trinajstić information content (AvgIpc) is 2.30. The molecule has 6 heteroatoms. The quantitative estimate of drug-likeness (QED) is 0.549. The normalized spacial score (nSPS) is 13.2. The molecule has 0 aromatic carbocycles. The molecule has 1 atom stereocenters. The number of hydrogen-bond acceptors (Lipinski definition) is 5. The lowest BCUT2D eigenvalue weighted by Gasteiger charge is -2.43. The second-order valence-electron chi connectivity index (χ2n) is 5.05. The molecule has 0 saturated heterocycles. The molecule has 20 heavy (non-hydrogen) atoms. The first-order valence-corrected chi connectivity index (χ1v) is 7.80. The molecule has 0 bridgehead atoms. The van der Waals surface area contributed by atoms with Gasteiger partial charge in [0.25, 0.3) is 6.47 Å². The summed E-state index contributed by atoms with van der Waals surface area (Å²) in [6.07, 6.45) is 0. The minimum Gasteiger partial charge on any atom is -0.480 e. The van der Waals surface area contributed by atoms with Gasteiger partial charge in [0.2, 0.25) is 0 Å². The third kappa shape index (κ3) is 6.13. The molecule has 5 nitrogen and oxygen atoms in total. The predicted molar refractivity (Wildman–Crippen MR) is 84.0 cm³/mol. The predicted octanol–water partition coefficient (Wildman–Crippen LogP) is 2.84. The Kier molecular flexibility index (Phi) is 9.95. The molecular weight excluding hydrogens is 278 g/mol. The Labute approximate surface area is 127 Å². The van der Waals surface area contributed by atoms with E-state index in [-0.39, 0.29) is 0 Å². The van der Waals surface area contributed by atoms with Crippen LogP contribution in [-0.2, 0) is 14.3 Å². The van der Waals surface area contributed by atoms with Crippen LogP contribution in [0.1, 0.15) is 48.5 Å². The molecule has 1 unspecified atom stereocenters. The van der Waals surface area contributed by atoms with E-state index in [9.17, 15) is 14.7 Å². The molecule has 0 aromatic rings. The lowest BCUT2D eigenvalue weighted by Crippen LogP contribution is -2.59. The molecule has 0 heterocycles. The highest BCUT2D eigenvalue weighted by Crippen LogP contribution is 2.33. The van der Waals surface area contributed by atoms with E-state index in [1.54, 1.807) is 37.6 Å². The first-order valence-electron chi connectivity index (χ1n) is 6.81. The van der Waals surface area contributed by atoms with Crippen LogP contribution >= 0.6 is 11.8 Å². The molecule has 0 radical (unpaired) electrons. The molecule has 0 spiro atoms. The van der Waals surface area contributed by atoms with Crippen molar-refractivity contribution in [1.29, 1.82) is 0 Å². The number of hydrogen-bond donors (Lipinski definition) is 1. The second kappa shape index (κ2) is 9.23. The second-order valence-corrected chi connectivity index (χ2v) is 6.97. The van der Waals surface area contributed by atoms with Crippen molar-refractivity contribution in [2.24, 2.45) is 0 Å². The number of carboxylic acid groups (broad SMARTS) is 1. The standard InChI is InChI=1S/C12H23NO4S.C2H6/c1-7-18-11(2,3)9(10(15)16)13(6)12(4,5)17-8-14;1-2/h8-9H,7H2,1-6H3,(H,15,16);1-2H3. The van der Waals surface area contributed by atoms with E-state index in [2.05, 4.69) is 0 Å². The van der Waals surface area contributed by atoms with Gasteiger partial charge in [-0.05, 0) is 40.5 Å². The molecule has 0 fully saturated rings. The summed E-state index contributed by atoms with van der Waals surface area (Å²) in [6, 6.07) is -0.752. The minimum atomic E-state index is -0.962. The zero-order valence-electron chi connectivity index (χ0n) is 13.9. The van der Waals surface area contributed by atoms with Crippen LogP contribution in [-0.4, -0.2) is 51.8 Å². The van der Waals surface area contributed by atoms with Gasteiger partial charge < -0.3 is 9.84 Å². The Morgan fingerprint density at radius 1 is 1.35 bits per heavy atom. The van der Waals surface area contributed by atoms with Gasteiger partial charge >= 0.3 is 5.97 Å². The maximum Gasteiger partial charge on any atom is 0.322 e.